The van der Waals surface area contributed by atoms with Crippen molar-refractivity contribution in [1.29, 1.82) is 0 Å². The summed E-state index contributed by atoms with van der Waals surface area (Å²) in [5, 5.41) is 36.1. The molecule has 0 amide bonds. The van der Waals surface area contributed by atoms with E-state index in [-0.39, 0.29) is 96.8 Å². The van der Waals surface area contributed by atoms with Crippen LogP contribution in [0.15, 0.2) is 185 Å². The van der Waals surface area contributed by atoms with Crippen LogP contribution >= 0.6 is 0 Å². The molecule has 0 aromatic heterocycles. The van der Waals surface area contributed by atoms with Gasteiger partial charge in [0.15, 0.2) is 5.71 Å². The van der Waals surface area contributed by atoms with E-state index >= 15 is 0 Å². The summed E-state index contributed by atoms with van der Waals surface area (Å²) in [5.41, 5.74) is 3.72. The van der Waals surface area contributed by atoms with Crippen LogP contribution in [0.1, 0.15) is 15.9 Å². The zero-order chi connectivity index (χ0) is 50.6. The van der Waals surface area contributed by atoms with Crippen molar-refractivity contribution in [1.82, 2.24) is 6.15 Å². The standard InChI is InChI=1S/C46H31N7O14S4.H3N.Na/c54-42-24-31(70(62,63)64)20-26-19-30(69(59,60)61)23-41(44(26)42)52-50-38-15-14-37(33-8-4-5-9-34(33)38)48-49-39-16-17-40(36-22-29(68(56,57)58)11-13-35(36)39)51-53-45-43(71(65,66)67)21-25-18-28(10-12-32(25)46(45)55)47-27-6-2-1-3-7-27;;/h1-24,47,51,54H,(H,56,57,58)(H,59,60,61)(H,62,63,64)(H,65,66,67);1H3;/q;;+1/p+1/b49-48?,52-50?,53-45-;;. The fourth-order valence-electron chi connectivity index (χ4n) is 7.63. The Hall–Kier alpha value is -7.18. The smallest absolute Gasteiger partial charge is 0.507 e. The topological polar surface area (TPSA) is 377 Å². The van der Waals surface area contributed by atoms with Gasteiger partial charge in [-0.05, 0) is 102 Å². The summed E-state index contributed by atoms with van der Waals surface area (Å²) in [6, 6.07) is 33.0. The van der Waals surface area contributed by atoms with Gasteiger partial charge in [0.1, 0.15) is 10.7 Å². The number of anilines is 3. The molecule has 366 valence electrons. The van der Waals surface area contributed by atoms with Crippen molar-refractivity contribution in [3.8, 4) is 5.75 Å². The molecule has 0 bridgehead atoms. The zero-order valence-electron chi connectivity index (χ0n) is 37.6. The van der Waals surface area contributed by atoms with Crippen LogP contribution in [-0.4, -0.2) is 68.5 Å². The third-order valence-electron chi connectivity index (χ3n) is 10.9. The molecule has 8 aromatic carbocycles. The SMILES string of the molecule is O=C1/C(=N\Nc2ccc(N=Nc3ccc(N=Nc4cc(S(=O)(=O)O)cc5cc(S(=O)(=O)O)cc(O)c45)c4ccccc34)c3ccc(S(=O)(=O)O)cc23)C(S(=O)(=O)O)=Cc2cc(Nc3ccccc3)ccc21.[NH4+].[Na+]. The van der Waals surface area contributed by atoms with E-state index in [1.165, 1.54) is 42.5 Å². The second kappa shape index (κ2) is 20.4. The van der Waals surface area contributed by atoms with Gasteiger partial charge in [0.25, 0.3) is 40.5 Å². The average Bonchev–Trinajstić information content (AvgIpc) is 3.31. The molecule has 0 saturated heterocycles. The van der Waals surface area contributed by atoms with Crippen molar-refractivity contribution in [2.75, 3.05) is 10.7 Å². The number of phenolic OH excluding ortho intramolecular Hbond substituents is 1. The van der Waals surface area contributed by atoms with Gasteiger partial charge in [-0.1, -0.05) is 48.5 Å². The molecule has 11 N–H and O–H groups in total. The van der Waals surface area contributed by atoms with Gasteiger partial charge in [-0.2, -0.15) is 38.8 Å². The van der Waals surface area contributed by atoms with E-state index in [0.29, 0.717) is 16.5 Å². The Morgan fingerprint density at radius 1 is 0.479 bits per heavy atom. The number of hydrogen-bond donors (Lipinski definition) is 8. The van der Waals surface area contributed by atoms with Crippen molar-refractivity contribution in [2.24, 2.45) is 25.6 Å². The number of carbonyl (C=O) groups is 1. The number of azo groups is 2. The number of nitrogens with one attached hydrogen (secondary N) is 2. The Balaban J connectivity index is 0.00000390. The van der Waals surface area contributed by atoms with E-state index in [1.54, 1.807) is 54.6 Å². The van der Waals surface area contributed by atoms with Crippen LogP contribution in [0.2, 0.25) is 0 Å². The zero-order valence-corrected chi connectivity index (χ0v) is 42.9. The first-order valence-corrected chi connectivity index (χ1v) is 26.0. The van der Waals surface area contributed by atoms with Gasteiger partial charge in [-0.3, -0.25) is 28.4 Å². The number of carbonyl (C=O) groups excluding carboxylic acids is 1. The Kier molecular flexibility index (Phi) is 15.0. The predicted octanol–water partition coefficient (Wildman–Crippen LogP) is 7.44. The van der Waals surface area contributed by atoms with Gasteiger partial charge in [0.2, 0.25) is 5.78 Å². The number of rotatable bonds is 12. The molecule has 0 radical (unpaired) electrons. The van der Waals surface area contributed by atoms with Gasteiger partial charge in [-0.15, -0.1) is 20.5 Å². The molecule has 27 heteroatoms. The van der Waals surface area contributed by atoms with Crippen LogP contribution in [-0.2, 0) is 40.5 Å². The Bertz CT molecular complexity index is 4210. The minimum atomic E-state index is -5.06. The molecular formula is C46H35N8NaO14S4+2. The summed E-state index contributed by atoms with van der Waals surface area (Å²) in [6.07, 6.45) is 1.09. The van der Waals surface area contributed by atoms with E-state index < -0.39 is 77.3 Å². The van der Waals surface area contributed by atoms with E-state index in [9.17, 15) is 61.8 Å². The first kappa shape index (κ1) is 53.6. The average molecular weight is 1080 g/mol. The number of ketones is 1. The number of Topliss-reactive ketones (excluding diaryl/α,β-unsaturated/α-hetero) is 1. The molecule has 9 rings (SSSR count). The Morgan fingerprint density at radius 2 is 1.01 bits per heavy atom. The van der Waals surface area contributed by atoms with Crippen LogP contribution in [0.3, 0.4) is 0 Å². The molecule has 0 unspecified atom stereocenters. The minimum absolute atomic E-state index is 0. The summed E-state index contributed by atoms with van der Waals surface area (Å²) in [4.78, 5) is 11.0. The maximum atomic E-state index is 13.8. The second-order valence-electron chi connectivity index (χ2n) is 15.5. The largest absolute Gasteiger partial charge is 1.00 e. The summed E-state index contributed by atoms with van der Waals surface area (Å²) in [5.74, 6) is -1.57. The van der Waals surface area contributed by atoms with Gasteiger partial charge >= 0.3 is 29.6 Å². The van der Waals surface area contributed by atoms with Gasteiger partial charge in [-0.25, -0.2) is 0 Å². The normalized spacial score (nSPS) is 13.8. The molecule has 0 fully saturated rings. The van der Waals surface area contributed by atoms with Crippen LogP contribution in [0.25, 0.3) is 38.4 Å². The number of aromatic hydroxyl groups is 1. The first-order valence-electron chi connectivity index (χ1n) is 20.2. The number of fused-ring (bicyclic) bond motifs is 4. The fourth-order valence-corrected chi connectivity index (χ4v) is 9.87. The number of quaternary nitrogens is 1. The fraction of sp³-hybridized carbons (Fsp3) is 0. The van der Waals surface area contributed by atoms with E-state index in [2.05, 4.69) is 36.3 Å². The maximum absolute atomic E-state index is 13.8. The van der Waals surface area contributed by atoms with Gasteiger partial charge < -0.3 is 16.6 Å². The number of hydrazone groups is 1. The van der Waals surface area contributed by atoms with E-state index in [0.717, 1.165) is 48.2 Å². The molecule has 0 spiro atoms. The maximum Gasteiger partial charge on any atom is 1.00 e. The molecule has 1 aliphatic carbocycles. The number of benzene rings is 8. The summed E-state index contributed by atoms with van der Waals surface area (Å²) in [7, 11) is -19.6. The van der Waals surface area contributed by atoms with Crippen LogP contribution in [0.4, 0.5) is 39.8 Å². The third kappa shape index (κ3) is 11.2. The molecule has 22 nitrogen and oxygen atoms in total. The summed E-state index contributed by atoms with van der Waals surface area (Å²) < 4.78 is 138. The quantitative estimate of drug-likeness (QED) is 0.0255. The number of para-hydroxylation sites is 1. The van der Waals surface area contributed by atoms with Crippen molar-refractivity contribution in [3.63, 3.8) is 0 Å². The monoisotopic (exact) mass is 1070 g/mol. The molecule has 0 atom stereocenters. The summed E-state index contributed by atoms with van der Waals surface area (Å²) >= 11 is 0. The number of allylic oxidation sites excluding steroid dienone is 1. The second-order valence-corrected chi connectivity index (χ2v) is 21.1. The predicted molar refractivity (Wildman–Crippen MR) is 268 cm³/mol. The molecule has 0 saturated carbocycles. The van der Waals surface area contributed by atoms with Crippen LogP contribution in [0, 0.1) is 0 Å². The van der Waals surface area contributed by atoms with Gasteiger partial charge in [0.05, 0.1) is 48.5 Å². The third-order valence-corrected chi connectivity index (χ3v) is 14.3. The molecule has 1 aliphatic rings. The first-order chi connectivity index (χ1) is 33.5. The van der Waals surface area contributed by atoms with Crippen molar-refractivity contribution < 1.29 is 91.3 Å². The minimum Gasteiger partial charge on any atom is -0.507 e. The van der Waals surface area contributed by atoms with Crippen LogP contribution < -0.4 is 46.5 Å². The Labute approximate surface area is 436 Å². The van der Waals surface area contributed by atoms with Crippen molar-refractivity contribution in [2.45, 2.75) is 14.7 Å². The Morgan fingerprint density at radius 3 is 1.59 bits per heavy atom. The van der Waals surface area contributed by atoms with Crippen molar-refractivity contribution >= 4 is 130 Å². The number of nitrogens with zero attached hydrogens (tertiary/aromatic N) is 5. The molecule has 0 heterocycles. The molecule has 73 heavy (non-hydrogen) atoms. The molecule has 8 aromatic rings. The number of phenols is 1. The molecule has 0 aliphatic heterocycles. The van der Waals surface area contributed by atoms with Gasteiger partial charge in [0, 0.05) is 44.5 Å². The summed E-state index contributed by atoms with van der Waals surface area (Å²) in [6.45, 7) is 0. The molecular weight excluding hydrogens is 1040 g/mol. The van der Waals surface area contributed by atoms with Crippen LogP contribution in [0.5, 0.6) is 5.75 Å². The van der Waals surface area contributed by atoms with E-state index in [4.69, 9.17) is 0 Å². The number of hydrogen-bond acceptors (Lipinski definition) is 17. The van der Waals surface area contributed by atoms with E-state index in [1.807, 2.05) is 6.07 Å². The van der Waals surface area contributed by atoms with Crippen molar-refractivity contribution in [3.05, 3.63) is 156 Å².